The Morgan fingerprint density at radius 3 is 2.65 bits per heavy atom. The molecule has 0 aliphatic carbocycles. The summed E-state index contributed by atoms with van der Waals surface area (Å²) in [7, 11) is 1.51. The minimum Gasteiger partial charge on any atom is -0.496 e. The number of amides is 1. The number of anilines is 2. The second-order valence-corrected chi connectivity index (χ2v) is 5.23. The normalized spacial score (nSPS) is 10.2. The Morgan fingerprint density at radius 1 is 1.25 bits per heavy atom. The zero-order valence-electron chi connectivity index (χ0n) is 11.2. The molecule has 2 aromatic carbocycles. The number of hydrogen-bond acceptors (Lipinski definition) is 3. The first-order chi connectivity index (χ1) is 9.51. The molecule has 1 amide bonds. The average Bonchev–Trinajstić information content (AvgIpc) is 2.42. The summed E-state index contributed by atoms with van der Waals surface area (Å²) >= 11 is 3.44. The second-order valence-electron chi connectivity index (χ2n) is 4.38. The van der Waals surface area contributed by atoms with Gasteiger partial charge in [0.2, 0.25) is 0 Å². The lowest BCUT2D eigenvalue weighted by molar-refractivity contribution is 0.102. The van der Waals surface area contributed by atoms with Gasteiger partial charge in [-0.05, 0) is 36.8 Å². The number of halogens is 1. The number of carbonyl (C=O) groups excluding carboxylic acids is 1. The zero-order chi connectivity index (χ0) is 14.7. The molecular formula is C15H15BrN2O2. The molecule has 104 valence electrons. The van der Waals surface area contributed by atoms with Crippen LogP contribution in [-0.2, 0) is 0 Å². The van der Waals surface area contributed by atoms with Gasteiger partial charge in [0.25, 0.3) is 5.91 Å². The van der Waals surface area contributed by atoms with E-state index in [9.17, 15) is 4.79 Å². The van der Waals surface area contributed by atoms with Gasteiger partial charge in [0.1, 0.15) is 5.75 Å². The molecule has 0 aromatic heterocycles. The van der Waals surface area contributed by atoms with E-state index in [1.807, 2.05) is 25.1 Å². The van der Waals surface area contributed by atoms with Crippen molar-refractivity contribution in [1.29, 1.82) is 0 Å². The fraction of sp³-hybridized carbons (Fsp3) is 0.133. The molecule has 0 saturated carbocycles. The summed E-state index contributed by atoms with van der Waals surface area (Å²) in [4.78, 5) is 12.3. The van der Waals surface area contributed by atoms with Crippen LogP contribution in [0.1, 0.15) is 15.9 Å². The molecule has 20 heavy (non-hydrogen) atoms. The number of carbonyl (C=O) groups is 1. The fourth-order valence-corrected chi connectivity index (χ4v) is 2.14. The maximum absolute atomic E-state index is 12.3. The van der Waals surface area contributed by atoms with Crippen molar-refractivity contribution in [2.75, 3.05) is 18.2 Å². The number of nitrogens with one attached hydrogen (secondary N) is 1. The third-order valence-corrected chi connectivity index (χ3v) is 3.75. The van der Waals surface area contributed by atoms with E-state index in [0.29, 0.717) is 22.7 Å². The summed E-state index contributed by atoms with van der Waals surface area (Å²) in [6.45, 7) is 1.98. The summed E-state index contributed by atoms with van der Waals surface area (Å²) in [6.07, 6.45) is 0. The van der Waals surface area contributed by atoms with Gasteiger partial charge in [0.05, 0.1) is 12.7 Å². The van der Waals surface area contributed by atoms with Crippen LogP contribution >= 0.6 is 15.9 Å². The lowest BCUT2D eigenvalue weighted by atomic mass is 10.1. The first kappa shape index (κ1) is 14.4. The average molecular weight is 335 g/mol. The summed E-state index contributed by atoms with van der Waals surface area (Å²) in [5.74, 6) is 0.214. The first-order valence-electron chi connectivity index (χ1n) is 6.02. The monoisotopic (exact) mass is 334 g/mol. The summed E-state index contributed by atoms with van der Waals surface area (Å²) in [6, 6.07) is 10.6. The molecule has 0 radical (unpaired) electrons. The molecule has 0 bridgehead atoms. The quantitative estimate of drug-likeness (QED) is 0.843. The maximum atomic E-state index is 12.3. The van der Waals surface area contributed by atoms with Gasteiger partial charge in [0, 0.05) is 21.9 Å². The van der Waals surface area contributed by atoms with Gasteiger partial charge in [-0.25, -0.2) is 0 Å². The number of aryl methyl sites for hydroxylation is 1. The lowest BCUT2D eigenvalue weighted by Gasteiger charge is -2.10. The molecule has 2 aromatic rings. The Bertz CT molecular complexity index is 656. The number of benzene rings is 2. The molecule has 0 saturated heterocycles. The van der Waals surface area contributed by atoms with Crippen molar-refractivity contribution in [1.82, 2.24) is 0 Å². The van der Waals surface area contributed by atoms with Crippen LogP contribution in [0.3, 0.4) is 0 Å². The number of methoxy groups -OCH3 is 1. The van der Waals surface area contributed by atoms with E-state index in [0.717, 1.165) is 10.0 Å². The van der Waals surface area contributed by atoms with Gasteiger partial charge < -0.3 is 15.8 Å². The van der Waals surface area contributed by atoms with Crippen molar-refractivity contribution in [2.24, 2.45) is 0 Å². The van der Waals surface area contributed by atoms with Gasteiger partial charge in [0.15, 0.2) is 0 Å². The van der Waals surface area contributed by atoms with Gasteiger partial charge in [-0.1, -0.05) is 22.0 Å². The summed E-state index contributed by atoms with van der Waals surface area (Å²) in [5.41, 5.74) is 8.49. The number of ether oxygens (including phenoxy) is 1. The van der Waals surface area contributed by atoms with Crippen LogP contribution in [0.4, 0.5) is 11.4 Å². The van der Waals surface area contributed by atoms with E-state index in [1.54, 1.807) is 18.2 Å². The summed E-state index contributed by atoms with van der Waals surface area (Å²) in [5, 5.41) is 2.83. The number of nitrogen functional groups attached to an aromatic ring is 1. The van der Waals surface area contributed by atoms with Gasteiger partial charge in [-0.15, -0.1) is 0 Å². The Kier molecular flexibility index (Phi) is 4.29. The van der Waals surface area contributed by atoms with E-state index < -0.39 is 0 Å². The van der Waals surface area contributed by atoms with Crippen LogP contribution in [-0.4, -0.2) is 13.0 Å². The van der Waals surface area contributed by atoms with Gasteiger partial charge in [-0.2, -0.15) is 0 Å². The predicted molar refractivity (Wildman–Crippen MR) is 84.2 cm³/mol. The highest BCUT2D eigenvalue weighted by Gasteiger charge is 2.13. The lowest BCUT2D eigenvalue weighted by Crippen LogP contribution is -2.13. The molecule has 0 aliphatic heterocycles. The standard InChI is InChI=1S/C15H15BrN2O2/c1-9-3-5-11(8-13(9)16)18-15(19)12-6-4-10(17)7-14(12)20-2/h3-8H,17H2,1-2H3,(H,18,19). The molecule has 0 fully saturated rings. The van der Waals surface area contributed by atoms with Crippen LogP contribution in [0.2, 0.25) is 0 Å². The minimum absolute atomic E-state index is 0.238. The zero-order valence-corrected chi connectivity index (χ0v) is 12.8. The van der Waals surface area contributed by atoms with E-state index in [4.69, 9.17) is 10.5 Å². The minimum atomic E-state index is -0.238. The van der Waals surface area contributed by atoms with Crippen molar-refractivity contribution in [3.05, 3.63) is 52.0 Å². The number of hydrogen-bond donors (Lipinski definition) is 2. The highest BCUT2D eigenvalue weighted by molar-refractivity contribution is 9.10. The van der Waals surface area contributed by atoms with Crippen molar-refractivity contribution in [3.8, 4) is 5.75 Å². The third-order valence-electron chi connectivity index (χ3n) is 2.90. The number of nitrogens with two attached hydrogens (primary N) is 1. The van der Waals surface area contributed by atoms with Crippen molar-refractivity contribution in [2.45, 2.75) is 6.92 Å². The molecule has 2 rings (SSSR count). The molecule has 0 aliphatic rings. The van der Waals surface area contributed by atoms with E-state index in [2.05, 4.69) is 21.2 Å². The molecular weight excluding hydrogens is 320 g/mol. The largest absolute Gasteiger partial charge is 0.496 e. The Hall–Kier alpha value is -2.01. The maximum Gasteiger partial charge on any atom is 0.259 e. The van der Waals surface area contributed by atoms with Crippen molar-refractivity contribution in [3.63, 3.8) is 0 Å². The van der Waals surface area contributed by atoms with E-state index in [-0.39, 0.29) is 5.91 Å². The molecule has 4 nitrogen and oxygen atoms in total. The van der Waals surface area contributed by atoms with E-state index >= 15 is 0 Å². The van der Waals surface area contributed by atoms with E-state index in [1.165, 1.54) is 7.11 Å². The van der Waals surface area contributed by atoms with Crippen molar-refractivity contribution < 1.29 is 9.53 Å². The Balaban J connectivity index is 2.25. The molecule has 0 heterocycles. The predicted octanol–water partition coefficient (Wildman–Crippen LogP) is 3.60. The van der Waals surface area contributed by atoms with Crippen LogP contribution in [0.25, 0.3) is 0 Å². The highest BCUT2D eigenvalue weighted by atomic mass is 79.9. The topological polar surface area (TPSA) is 64.3 Å². The molecule has 0 atom stereocenters. The Labute approximate surface area is 126 Å². The molecule has 0 unspecified atom stereocenters. The number of rotatable bonds is 3. The SMILES string of the molecule is COc1cc(N)ccc1C(=O)Nc1ccc(C)c(Br)c1. The van der Waals surface area contributed by atoms with Crippen molar-refractivity contribution >= 4 is 33.2 Å². The third kappa shape index (κ3) is 3.11. The Morgan fingerprint density at radius 2 is 2.00 bits per heavy atom. The second kappa shape index (κ2) is 5.96. The fourth-order valence-electron chi connectivity index (χ4n) is 1.76. The van der Waals surface area contributed by atoms with Gasteiger partial charge in [-0.3, -0.25) is 4.79 Å². The van der Waals surface area contributed by atoms with Crippen LogP contribution in [0, 0.1) is 6.92 Å². The highest BCUT2D eigenvalue weighted by Crippen LogP contribution is 2.24. The van der Waals surface area contributed by atoms with Crippen LogP contribution in [0.5, 0.6) is 5.75 Å². The summed E-state index contributed by atoms with van der Waals surface area (Å²) < 4.78 is 6.12. The first-order valence-corrected chi connectivity index (χ1v) is 6.81. The van der Waals surface area contributed by atoms with Crippen LogP contribution in [0.15, 0.2) is 40.9 Å². The van der Waals surface area contributed by atoms with Crippen LogP contribution < -0.4 is 15.8 Å². The molecule has 3 N–H and O–H groups in total. The van der Waals surface area contributed by atoms with Gasteiger partial charge >= 0.3 is 0 Å². The molecule has 5 heteroatoms. The smallest absolute Gasteiger partial charge is 0.259 e. The molecule has 0 spiro atoms.